The molecular formula is C16H19N5O3. The van der Waals surface area contributed by atoms with E-state index in [2.05, 4.69) is 10.1 Å². The standard InChI is InChI=1S/C16H19N5O3/c1-19-14(17-12-18-19)9-20-7-8-21(10-15(20)22)16(23)24-11-13-5-3-2-4-6-13/h2-6,12H,7-11H2,1H3. The van der Waals surface area contributed by atoms with Crippen molar-refractivity contribution in [1.82, 2.24) is 24.6 Å². The Morgan fingerprint density at radius 1 is 1.25 bits per heavy atom. The molecule has 0 bridgehead atoms. The molecule has 8 heteroatoms. The van der Waals surface area contributed by atoms with Crippen molar-refractivity contribution in [3.05, 3.63) is 48.0 Å². The minimum Gasteiger partial charge on any atom is -0.445 e. The Morgan fingerprint density at radius 3 is 2.71 bits per heavy atom. The highest BCUT2D eigenvalue weighted by atomic mass is 16.6. The van der Waals surface area contributed by atoms with Gasteiger partial charge in [-0.05, 0) is 5.56 Å². The summed E-state index contributed by atoms with van der Waals surface area (Å²) in [7, 11) is 1.78. The van der Waals surface area contributed by atoms with Crippen LogP contribution in [0.2, 0.25) is 0 Å². The average Bonchev–Trinajstić information content (AvgIpc) is 3.00. The smallest absolute Gasteiger partial charge is 0.410 e. The quantitative estimate of drug-likeness (QED) is 0.829. The van der Waals surface area contributed by atoms with Gasteiger partial charge in [-0.15, -0.1) is 0 Å². The van der Waals surface area contributed by atoms with Gasteiger partial charge in [-0.3, -0.25) is 14.4 Å². The number of nitrogens with zero attached hydrogens (tertiary/aromatic N) is 5. The largest absolute Gasteiger partial charge is 0.445 e. The first-order chi connectivity index (χ1) is 11.6. The van der Waals surface area contributed by atoms with Crippen LogP contribution in [0.1, 0.15) is 11.4 Å². The van der Waals surface area contributed by atoms with Crippen LogP contribution in [0.25, 0.3) is 0 Å². The minimum atomic E-state index is -0.467. The van der Waals surface area contributed by atoms with E-state index >= 15 is 0 Å². The molecule has 1 aromatic carbocycles. The average molecular weight is 329 g/mol. The Hall–Kier alpha value is -2.90. The van der Waals surface area contributed by atoms with E-state index in [0.29, 0.717) is 25.5 Å². The van der Waals surface area contributed by atoms with E-state index in [-0.39, 0.29) is 19.1 Å². The molecule has 1 aliphatic rings. The van der Waals surface area contributed by atoms with Crippen LogP contribution < -0.4 is 0 Å². The molecule has 2 amide bonds. The topological polar surface area (TPSA) is 80.6 Å². The monoisotopic (exact) mass is 329 g/mol. The van der Waals surface area contributed by atoms with Gasteiger partial charge in [0.2, 0.25) is 5.91 Å². The van der Waals surface area contributed by atoms with Gasteiger partial charge in [0.15, 0.2) is 0 Å². The maximum absolute atomic E-state index is 12.2. The van der Waals surface area contributed by atoms with Crippen LogP contribution in [0.5, 0.6) is 0 Å². The molecule has 1 saturated heterocycles. The fourth-order valence-corrected chi connectivity index (χ4v) is 2.48. The zero-order chi connectivity index (χ0) is 16.9. The maximum atomic E-state index is 12.2. The number of ether oxygens (including phenoxy) is 1. The second kappa shape index (κ2) is 7.12. The number of amides is 2. The molecule has 8 nitrogen and oxygen atoms in total. The van der Waals surface area contributed by atoms with Gasteiger partial charge < -0.3 is 9.64 Å². The molecule has 0 atom stereocenters. The van der Waals surface area contributed by atoms with E-state index in [1.165, 1.54) is 11.2 Å². The van der Waals surface area contributed by atoms with Crippen LogP contribution >= 0.6 is 0 Å². The summed E-state index contributed by atoms with van der Waals surface area (Å²) in [6.45, 7) is 1.50. The molecule has 0 N–H and O–H groups in total. The first-order valence-corrected chi connectivity index (χ1v) is 7.70. The lowest BCUT2D eigenvalue weighted by Crippen LogP contribution is -2.52. The number of carbonyl (C=O) groups excluding carboxylic acids is 2. The molecule has 126 valence electrons. The zero-order valence-corrected chi connectivity index (χ0v) is 13.5. The third kappa shape index (κ3) is 3.70. The van der Waals surface area contributed by atoms with Crippen molar-refractivity contribution in [2.45, 2.75) is 13.2 Å². The number of carbonyl (C=O) groups is 2. The van der Waals surface area contributed by atoms with Gasteiger partial charge in [0.25, 0.3) is 0 Å². The number of aryl methyl sites for hydroxylation is 1. The first kappa shape index (κ1) is 16.0. The number of hydrogen-bond donors (Lipinski definition) is 0. The van der Waals surface area contributed by atoms with Crippen molar-refractivity contribution in [3.8, 4) is 0 Å². The van der Waals surface area contributed by atoms with Crippen LogP contribution in [0.3, 0.4) is 0 Å². The lowest BCUT2D eigenvalue weighted by Gasteiger charge is -2.33. The highest BCUT2D eigenvalue weighted by molar-refractivity contribution is 5.83. The Balaban J connectivity index is 1.50. The van der Waals surface area contributed by atoms with E-state index in [1.807, 2.05) is 30.3 Å². The van der Waals surface area contributed by atoms with E-state index in [9.17, 15) is 9.59 Å². The van der Waals surface area contributed by atoms with Crippen LogP contribution in [0.4, 0.5) is 4.79 Å². The normalized spacial score (nSPS) is 14.8. The van der Waals surface area contributed by atoms with Gasteiger partial charge >= 0.3 is 6.09 Å². The van der Waals surface area contributed by atoms with Crippen molar-refractivity contribution in [2.75, 3.05) is 19.6 Å². The number of piperazine rings is 1. The molecule has 2 heterocycles. The molecular weight excluding hydrogens is 310 g/mol. The van der Waals surface area contributed by atoms with E-state index < -0.39 is 6.09 Å². The van der Waals surface area contributed by atoms with E-state index in [0.717, 1.165) is 5.56 Å². The van der Waals surface area contributed by atoms with Gasteiger partial charge in [0, 0.05) is 20.1 Å². The second-order valence-electron chi connectivity index (χ2n) is 5.58. The number of aromatic nitrogens is 3. The summed E-state index contributed by atoms with van der Waals surface area (Å²) in [4.78, 5) is 31.6. The predicted molar refractivity (Wildman–Crippen MR) is 84.6 cm³/mol. The van der Waals surface area contributed by atoms with E-state index in [1.54, 1.807) is 16.6 Å². The summed E-state index contributed by atoms with van der Waals surface area (Å²) in [5.74, 6) is 0.587. The molecule has 3 rings (SSSR count). The highest BCUT2D eigenvalue weighted by Crippen LogP contribution is 2.10. The summed E-state index contributed by atoms with van der Waals surface area (Å²) in [5, 5.41) is 3.99. The van der Waals surface area contributed by atoms with Crippen molar-refractivity contribution in [2.24, 2.45) is 7.05 Å². The molecule has 1 fully saturated rings. The molecule has 0 aliphatic carbocycles. The lowest BCUT2D eigenvalue weighted by molar-refractivity contribution is -0.136. The highest BCUT2D eigenvalue weighted by Gasteiger charge is 2.28. The number of rotatable bonds is 4. The Bertz CT molecular complexity index is 716. The summed E-state index contributed by atoms with van der Waals surface area (Å²) in [6.07, 6.45) is 0.988. The van der Waals surface area contributed by atoms with Crippen LogP contribution in [0.15, 0.2) is 36.7 Å². The molecule has 2 aromatic rings. The minimum absolute atomic E-state index is 0.0193. The fraction of sp³-hybridized carbons (Fsp3) is 0.375. The van der Waals surface area contributed by atoms with Crippen molar-refractivity contribution in [1.29, 1.82) is 0 Å². The van der Waals surface area contributed by atoms with E-state index in [4.69, 9.17) is 4.74 Å². The van der Waals surface area contributed by atoms with Gasteiger partial charge in [0.05, 0.1) is 6.54 Å². The SMILES string of the molecule is Cn1ncnc1CN1CCN(C(=O)OCc2ccccc2)CC1=O. The molecule has 0 spiro atoms. The second-order valence-corrected chi connectivity index (χ2v) is 5.58. The van der Waals surface area contributed by atoms with Crippen molar-refractivity contribution < 1.29 is 14.3 Å². The van der Waals surface area contributed by atoms with Crippen molar-refractivity contribution in [3.63, 3.8) is 0 Å². The summed E-state index contributed by atoms with van der Waals surface area (Å²) in [6, 6.07) is 9.45. The van der Waals surface area contributed by atoms with Crippen LogP contribution in [-0.2, 0) is 29.7 Å². The summed E-state index contributed by atoms with van der Waals surface area (Å²) >= 11 is 0. The Morgan fingerprint density at radius 2 is 2.04 bits per heavy atom. The molecule has 24 heavy (non-hydrogen) atoms. The lowest BCUT2D eigenvalue weighted by atomic mass is 10.2. The third-order valence-electron chi connectivity index (χ3n) is 3.92. The molecule has 0 saturated carbocycles. The summed E-state index contributed by atoms with van der Waals surface area (Å²) in [5.41, 5.74) is 0.915. The Labute approximate surface area is 139 Å². The summed E-state index contributed by atoms with van der Waals surface area (Å²) < 4.78 is 6.90. The van der Waals surface area contributed by atoms with Crippen LogP contribution in [0, 0.1) is 0 Å². The maximum Gasteiger partial charge on any atom is 0.410 e. The van der Waals surface area contributed by atoms with Crippen LogP contribution in [-0.4, -0.2) is 56.2 Å². The Kier molecular flexibility index (Phi) is 4.74. The number of hydrogen-bond acceptors (Lipinski definition) is 5. The van der Waals surface area contributed by atoms with Gasteiger partial charge in [-0.2, -0.15) is 5.10 Å². The first-order valence-electron chi connectivity index (χ1n) is 7.70. The molecule has 1 aliphatic heterocycles. The van der Waals surface area contributed by atoms with Gasteiger partial charge in [-0.25, -0.2) is 9.78 Å². The third-order valence-corrected chi connectivity index (χ3v) is 3.92. The zero-order valence-electron chi connectivity index (χ0n) is 13.5. The van der Waals surface area contributed by atoms with Gasteiger partial charge in [-0.1, -0.05) is 30.3 Å². The molecule has 0 unspecified atom stereocenters. The van der Waals surface area contributed by atoms with Crippen molar-refractivity contribution >= 4 is 12.0 Å². The molecule has 0 radical (unpaired) electrons. The van der Waals surface area contributed by atoms with Gasteiger partial charge in [0.1, 0.15) is 25.3 Å². The fourth-order valence-electron chi connectivity index (χ4n) is 2.48. The number of benzene rings is 1. The molecule has 1 aromatic heterocycles. The predicted octanol–water partition coefficient (Wildman–Crippen LogP) is 0.796.